The van der Waals surface area contributed by atoms with Crippen molar-refractivity contribution in [1.82, 2.24) is 0 Å². The zero-order valence-electron chi connectivity index (χ0n) is 7.67. The standard InChI is InChI=1S/C10H16N2/c1-4-6-10(8(3)12)9(5-2)7-11/h4-7H,2,11-12H2,1,3H3/b6-4-,9-7-,10-8-. The highest BCUT2D eigenvalue weighted by molar-refractivity contribution is 5.47. The molecule has 0 aromatic heterocycles. The average Bonchev–Trinajstić information content (AvgIpc) is 2.05. The van der Waals surface area contributed by atoms with Crippen molar-refractivity contribution < 1.29 is 0 Å². The predicted molar refractivity (Wildman–Crippen MR) is 54.2 cm³/mol. The van der Waals surface area contributed by atoms with E-state index >= 15 is 0 Å². The Kier molecular flexibility index (Phi) is 4.61. The Morgan fingerprint density at radius 1 is 1.42 bits per heavy atom. The van der Waals surface area contributed by atoms with Gasteiger partial charge in [0.15, 0.2) is 0 Å². The maximum Gasteiger partial charge on any atom is 0.0129 e. The average molecular weight is 164 g/mol. The van der Waals surface area contributed by atoms with Gasteiger partial charge in [0.25, 0.3) is 0 Å². The van der Waals surface area contributed by atoms with Gasteiger partial charge in [-0.05, 0) is 19.4 Å². The van der Waals surface area contributed by atoms with Gasteiger partial charge in [-0.3, -0.25) is 0 Å². The summed E-state index contributed by atoms with van der Waals surface area (Å²) in [4.78, 5) is 0. The third kappa shape index (κ3) is 2.66. The second-order valence-corrected chi connectivity index (χ2v) is 2.42. The fourth-order valence-electron chi connectivity index (χ4n) is 0.890. The van der Waals surface area contributed by atoms with Gasteiger partial charge in [-0.25, -0.2) is 0 Å². The summed E-state index contributed by atoms with van der Waals surface area (Å²) in [5.41, 5.74) is 13.6. The zero-order chi connectivity index (χ0) is 9.56. The first-order valence-electron chi connectivity index (χ1n) is 3.81. The van der Waals surface area contributed by atoms with Gasteiger partial charge in [0.1, 0.15) is 0 Å². The van der Waals surface area contributed by atoms with Crippen molar-refractivity contribution in [2.75, 3.05) is 0 Å². The molecule has 0 rings (SSSR count). The van der Waals surface area contributed by atoms with E-state index in [1.165, 1.54) is 6.20 Å². The number of hydrogen-bond donors (Lipinski definition) is 2. The molecule has 4 N–H and O–H groups in total. The smallest absolute Gasteiger partial charge is 0.0129 e. The normalized spacial score (nSPS) is 14.7. The Hall–Kier alpha value is -1.44. The molecule has 0 spiro atoms. The Bertz CT molecular complexity index is 241. The first kappa shape index (κ1) is 10.6. The minimum atomic E-state index is 0.740. The van der Waals surface area contributed by atoms with Crippen LogP contribution in [-0.4, -0.2) is 0 Å². The van der Waals surface area contributed by atoms with E-state index in [0.29, 0.717) is 0 Å². The molecule has 12 heavy (non-hydrogen) atoms. The number of hydrogen-bond acceptors (Lipinski definition) is 2. The number of allylic oxidation sites excluding steroid dienone is 6. The summed E-state index contributed by atoms with van der Waals surface area (Å²) in [5, 5.41) is 0. The summed E-state index contributed by atoms with van der Waals surface area (Å²) in [6, 6.07) is 0. The van der Waals surface area contributed by atoms with Crippen molar-refractivity contribution in [2.45, 2.75) is 13.8 Å². The van der Waals surface area contributed by atoms with E-state index in [2.05, 4.69) is 6.58 Å². The molecule has 0 unspecified atom stereocenters. The molecule has 0 aromatic carbocycles. The maximum atomic E-state index is 5.66. The Balaban J connectivity index is 5.01. The number of nitrogens with two attached hydrogens (primary N) is 2. The lowest BCUT2D eigenvalue weighted by Gasteiger charge is -2.04. The topological polar surface area (TPSA) is 52.0 Å². The van der Waals surface area contributed by atoms with E-state index in [0.717, 1.165) is 16.8 Å². The van der Waals surface area contributed by atoms with Crippen LogP contribution in [0.1, 0.15) is 13.8 Å². The summed E-state index contributed by atoms with van der Waals surface area (Å²) >= 11 is 0. The highest BCUT2D eigenvalue weighted by atomic mass is 14.6. The molecule has 0 heterocycles. The number of rotatable bonds is 3. The Morgan fingerprint density at radius 3 is 2.25 bits per heavy atom. The fourth-order valence-corrected chi connectivity index (χ4v) is 0.890. The fraction of sp³-hybridized carbons (Fsp3) is 0.200. The third-order valence-electron chi connectivity index (χ3n) is 1.47. The molecule has 0 radical (unpaired) electrons. The Morgan fingerprint density at radius 2 is 2.00 bits per heavy atom. The summed E-state index contributed by atoms with van der Waals surface area (Å²) < 4.78 is 0. The first-order chi connectivity index (χ1) is 5.67. The van der Waals surface area contributed by atoms with Gasteiger partial charge in [-0.2, -0.15) is 0 Å². The molecule has 2 heteroatoms. The van der Waals surface area contributed by atoms with Gasteiger partial charge in [-0.15, -0.1) is 0 Å². The van der Waals surface area contributed by atoms with E-state index in [1.807, 2.05) is 26.0 Å². The van der Waals surface area contributed by atoms with Crippen LogP contribution in [0.4, 0.5) is 0 Å². The quantitative estimate of drug-likeness (QED) is 0.625. The van der Waals surface area contributed by atoms with E-state index in [-0.39, 0.29) is 0 Å². The molecule has 0 saturated heterocycles. The van der Waals surface area contributed by atoms with Gasteiger partial charge < -0.3 is 11.5 Å². The first-order valence-corrected chi connectivity index (χ1v) is 3.81. The van der Waals surface area contributed by atoms with Crippen molar-refractivity contribution in [3.05, 3.63) is 47.9 Å². The molecule has 0 bridgehead atoms. The van der Waals surface area contributed by atoms with Crippen LogP contribution in [0, 0.1) is 0 Å². The molecule has 0 amide bonds. The van der Waals surface area contributed by atoms with E-state index in [1.54, 1.807) is 6.08 Å². The summed E-state index contributed by atoms with van der Waals surface area (Å²) in [7, 11) is 0. The molecule has 0 atom stereocenters. The molecule has 0 aliphatic rings. The minimum Gasteiger partial charge on any atom is -0.404 e. The van der Waals surface area contributed by atoms with Crippen LogP contribution in [0.2, 0.25) is 0 Å². The summed E-state index contributed by atoms with van der Waals surface area (Å²) in [6.07, 6.45) is 7.01. The molecule has 2 nitrogen and oxygen atoms in total. The molecular weight excluding hydrogens is 148 g/mol. The SMILES string of the molecule is C=CC(=C/N)/C(/C=C\C)=C(/C)N. The van der Waals surface area contributed by atoms with Crippen molar-refractivity contribution >= 4 is 0 Å². The van der Waals surface area contributed by atoms with Gasteiger partial charge in [0, 0.05) is 17.5 Å². The zero-order valence-corrected chi connectivity index (χ0v) is 7.67. The van der Waals surface area contributed by atoms with Crippen molar-refractivity contribution in [3.63, 3.8) is 0 Å². The lowest BCUT2D eigenvalue weighted by molar-refractivity contribution is 1.25. The van der Waals surface area contributed by atoms with Crippen LogP contribution >= 0.6 is 0 Å². The van der Waals surface area contributed by atoms with Crippen LogP contribution in [0.5, 0.6) is 0 Å². The van der Waals surface area contributed by atoms with Gasteiger partial charge in [-0.1, -0.05) is 24.8 Å². The highest BCUT2D eigenvalue weighted by Gasteiger charge is 1.98. The molecular formula is C10H16N2. The van der Waals surface area contributed by atoms with Crippen molar-refractivity contribution in [2.24, 2.45) is 11.5 Å². The minimum absolute atomic E-state index is 0.740. The summed E-state index contributed by atoms with van der Waals surface area (Å²) in [6.45, 7) is 7.41. The lowest BCUT2D eigenvalue weighted by atomic mass is 10.1. The van der Waals surface area contributed by atoms with Crippen molar-refractivity contribution in [3.8, 4) is 0 Å². The van der Waals surface area contributed by atoms with Crippen LogP contribution in [0.15, 0.2) is 47.9 Å². The molecule has 0 aliphatic carbocycles. The molecule has 0 aromatic rings. The second-order valence-electron chi connectivity index (χ2n) is 2.42. The molecule has 66 valence electrons. The van der Waals surface area contributed by atoms with Crippen LogP contribution < -0.4 is 11.5 Å². The largest absolute Gasteiger partial charge is 0.404 e. The molecule has 0 saturated carbocycles. The Labute approximate surface area is 73.9 Å². The molecule has 0 aliphatic heterocycles. The molecule has 0 fully saturated rings. The van der Waals surface area contributed by atoms with Crippen LogP contribution in [0.3, 0.4) is 0 Å². The van der Waals surface area contributed by atoms with Crippen molar-refractivity contribution in [1.29, 1.82) is 0 Å². The van der Waals surface area contributed by atoms with E-state index in [9.17, 15) is 0 Å². The summed E-state index contributed by atoms with van der Waals surface area (Å²) in [5.74, 6) is 0. The van der Waals surface area contributed by atoms with E-state index < -0.39 is 0 Å². The third-order valence-corrected chi connectivity index (χ3v) is 1.47. The van der Waals surface area contributed by atoms with Gasteiger partial charge in [0.05, 0.1) is 0 Å². The highest BCUT2D eigenvalue weighted by Crippen LogP contribution is 2.13. The van der Waals surface area contributed by atoms with Gasteiger partial charge >= 0.3 is 0 Å². The monoisotopic (exact) mass is 164 g/mol. The van der Waals surface area contributed by atoms with Gasteiger partial charge in [0.2, 0.25) is 0 Å². The second kappa shape index (κ2) is 5.24. The van der Waals surface area contributed by atoms with Crippen LogP contribution in [-0.2, 0) is 0 Å². The predicted octanol–water partition coefficient (Wildman–Crippen LogP) is 1.82. The van der Waals surface area contributed by atoms with E-state index in [4.69, 9.17) is 11.5 Å². The van der Waals surface area contributed by atoms with Crippen LogP contribution in [0.25, 0.3) is 0 Å². The maximum absolute atomic E-state index is 5.66. The lowest BCUT2D eigenvalue weighted by Crippen LogP contribution is -1.99.